The maximum atomic E-state index is 11.4. The van der Waals surface area contributed by atoms with Gasteiger partial charge in [0.25, 0.3) is 0 Å². The van der Waals surface area contributed by atoms with Gasteiger partial charge in [-0.2, -0.15) is 0 Å². The van der Waals surface area contributed by atoms with E-state index in [0.29, 0.717) is 18.9 Å². The predicted octanol–water partition coefficient (Wildman–Crippen LogP) is 1.47. The van der Waals surface area contributed by atoms with Crippen LogP contribution >= 0.6 is 0 Å². The molecule has 17 heavy (non-hydrogen) atoms. The minimum atomic E-state index is -0.936. The van der Waals surface area contributed by atoms with Crippen LogP contribution < -0.4 is 5.32 Å². The molecule has 0 spiro atoms. The number of aliphatic hydroxyl groups excluding tert-OH is 1. The molecular formula is C13H25NO3. The third-order valence-electron chi connectivity index (χ3n) is 3.26. The first kappa shape index (κ1) is 14.5. The van der Waals surface area contributed by atoms with Gasteiger partial charge < -0.3 is 15.2 Å². The molecule has 0 radical (unpaired) electrons. The molecule has 1 fully saturated rings. The van der Waals surface area contributed by atoms with Crippen LogP contribution in [0, 0.1) is 5.92 Å². The van der Waals surface area contributed by atoms with Crippen LogP contribution in [-0.4, -0.2) is 36.9 Å². The fraction of sp³-hybridized carbons (Fsp3) is 0.923. The van der Waals surface area contributed by atoms with Gasteiger partial charge >= 0.3 is 5.97 Å². The number of hydrogen-bond donors (Lipinski definition) is 2. The Bertz CT molecular complexity index is 215. The average Bonchev–Trinajstić information content (AvgIpc) is 2.37. The monoisotopic (exact) mass is 243 g/mol. The molecule has 0 aromatic heterocycles. The summed E-state index contributed by atoms with van der Waals surface area (Å²) in [5, 5.41) is 13.0. The van der Waals surface area contributed by atoms with Crippen molar-refractivity contribution in [3.05, 3.63) is 0 Å². The number of unbranched alkanes of at least 4 members (excludes halogenated alkanes) is 1. The van der Waals surface area contributed by atoms with Crippen molar-refractivity contribution in [3.63, 3.8) is 0 Å². The van der Waals surface area contributed by atoms with E-state index in [1.165, 1.54) is 12.8 Å². The Labute approximate surface area is 104 Å². The van der Waals surface area contributed by atoms with E-state index in [1.807, 2.05) is 6.92 Å². The highest BCUT2D eigenvalue weighted by Crippen LogP contribution is 2.17. The van der Waals surface area contributed by atoms with Crippen molar-refractivity contribution in [1.82, 2.24) is 5.32 Å². The fourth-order valence-electron chi connectivity index (χ4n) is 2.10. The van der Waals surface area contributed by atoms with Gasteiger partial charge in [-0.05, 0) is 51.1 Å². The molecule has 0 bridgehead atoms. The number of ether oxygens (including phenoxy) is 1. The highest BCUT2D eigenvalue weighted by Gasteiger charge is 2.19. The maximum Gasteiger partial charge on any atom is 0.334 e. The second kappa shape index (κ2) is 8.48. The van der Waals surface area contributed by atoms with E-state index >= 15 is 0 Å². The van der Waals surface area contributed by atoms with Gasteiger partial charge in [0, 0.05) is 0 Å². The molecule has 4 heteroatoms. The molecule has 100 valence electrons. The summed E-state index contributed by atoms with van der Waals surface area (Å²) in [6, 6.07) is 0. The zero-order chi connectivity index (χ0) is 12.5. The lowest BCUT2D eigenvalue weighted by Crippen LogP contribution is -2.31. The largest absolute Gasteiger partial charge is 0.464 e. The van der Waals surface area contributed by atoms with Gasteiger partial charge in [0.05, 0.1) is 6.61 Å². The number of carbonyl (C=O) groups excluding carboxylic acids is 1. The summed E-state index contributed by atoms with van der Waals surface area (Å²) >= 11 is 0. The minimum Gasteiger partial charge on any atom is -0.464 e. The summed E-state index contributed by atoms with van der Waals surface area (Å²) in [6.07, 6.45) is 4.75. The Balaban J connectivity index is 2.10. The van der Waals surface area contributed by atoms with Gasteiger partial charge in [-0.3, -0.25) is 0 Å². The zero-order valence-corrected chi connectivity index (χ0v) is 10.8. The van der Waals surface area contributed by atoms with E-state index in [-0.39, 0.29) is 0 Å². The SMILES string of the molecule is CCCCOC(=O)C(O)CCC1CCCNC1. The summed E-state index contributed by atoms with van der Waals surface area (Å²) in [5.41, 5.74) is 0. The third kappa shape index (κ3) is 6.03. The van der Waals surface area contributed by atoms with Crippen LogP contribution in [-0.2, 0) is 9.53 Å². The van der Waals surface area contributed by atoms with Crippen molar-refractivity contribution < 1.29 is 14.6 Å². The van der Waals surface area contributed by atoms with Crippen molar-refractivity contribution in [3.8, 4) is 0 Å². The quantitative estimate of drug-likeness (QED) is 0.525. The van der Waals surface area contributed by atoms with Crippen LogP contribution in [0.5, 0.6) is 0 Å². The second-order valence-corrected chi connectivity index (χ2v) is 4.83. The number of hydrogen-bond acceptors (Lipinski definition) is 4. The van der Waals surface area contributed by atoms with Crippen LogP contribution in [0.15, 0.2) is 0 Å². The topological polar surface area (TPSA) is 58.6 Å². The predicted molar refractivity (Wildman–Crippen MR) is 66.7 cm³/mol. The zero-order valence-electron chi connectivity index (χ0n) is 10.8. The van der Waals surface area contributed by atoms with Crippen molar-refractivity contribution in [2.24, 2.45) is 5.92 Å². The molecule has 2 unspecified atom stereocenters. The number of aliphatic hydroxyl groups is 1. The number of carbonyl (C=O) groups is 1. The van der Waals surface area contributed by atoms with Gasteiger partial charge in [-0.1, -0.05) is 13.3 Å². The Morgan fingerprint density at radius 1 is 1.59 bits per heavy atom. The lowest BCUT2D eigenvalue weighted by molar-refractivity contribution is -0.154. The van der Waals surface area contributed by atoms with Crippen molar-refractivity contribution >= 4 is 5.97 Å². The standard InChI is InChI=1S/C13H25NO3/c1-2-3-9-17-13(16)12(15)7-6-11-5-4-8-14-10-11/h11-12,14-15H,2-10H2,1H3. The van der Waals surface area contributed by atoms with E-state index in [9.17, 15) is 9.90 Å². The smallest absolute Gasteiger partial charge is 0.334 e. The third-order valence-corrected chi connectivity index (χ3v) is 3.26. The number of piperidine rings is 1. The van der Waals surface area contributed by atoms with Crippen molar-refractivity contribution in [1.29, 1.82) is 0 Å². The molecule has 2 atom stereocenters. The summed E-state index contributed by atoms with van der Waals surface area (Å²) in [4.78, 5) is 11.4. The Morgan fingerprint density at radius 2 is 2.41 bits per heavy atom. The van der Waals surface area contributed by atoms with Crippen LogP contribution in [0.4, 0.5) is 0 Å². The summed E-state index contributed by atoms with van der Waals surface area (Å²) in [7, 11) is 0. The maximum absolute atomic E-state index is 11.4. The number of rotatable bonds is 7. The first-order chi connectivity index (χ1) is 8.24. The molecule has 4 nitrogen and oxygen atoms in total. The fourth-order valence-corrected chi connectivity index (χ4v) is 2.10. The van der Waals surface area contributed by atoms with E-state index in [2.05, 4.69) is 5.32 Å². The van der Waals surface area contributed by atoms with Crippen LogP contribution in [0.2, 0.25) is 0 Å². The Kier molecular flexibility index (Phi) is 7.21. The van der Waals surface area contributed by atoms with Crippen molar-refractivity contribution in [2.45, 2.75) is 51.6 Å². The van der Waals surface area contributed by atoms with Gasteiger partial charge in [0.15, 0.2) is 6.10 Å². The Morgan fingerprint density at radius 3 is 3.06 bits per heavy atom. The van der Waals surface area contributed by atoms with E-state index in [0.717, 1.165) is 32.4 Å². The van der Waals surface area contributed by atoms with Crippen LogP contribution in [0.25, 0.3) is 0 Å². The van der Waals surface area contributed by atoms with Crippen LogP contribution in [0.1, 0.15) is 45.4 Å². The molecule has 0 aromatic rings. The summed E-state index contributed by atoms with van der Waals surface area (Å²) in [6.45, 7) is 4.58. The normalized spacial score (nSPS) is 22.1. The molecule has 1 heterocycles. The van der Waals surface area contributed by atoms with E-state index in [4.69, 9.17) is 4.74 Å². The second-order valence-electron chi connectivity index (χ2n) is 4.83. The Hall–Kier alpha value is -0.610. The van der Waals surface area contributed by atoms with Gasteiger partial charge in [-0.25, -0.2) is 4.79 Å². The molecule has 2 N–H and O–H groups in total. The molecule has 0 amide bonds. The van der Waals surface area contributed by atoms with Gasteiger partial charge in [0.1, 0.15) is 0 Å². The van der Waals surface area contributed by atoms with E-state index < -0.39 is 12.1 Å². The van der Waals surface area contributed by atoms with Gasteiger partial charge in [0.2, 0.25) is 0 Å². The van der Waals surface area contributed by atoms with E-state index in [1.54, 1.807) is 0 Å². The molecule has 1 rings (SSSR count). The van der Waals surface area contributed by atoms with Crippen LogP contribution in [0.3, 0.4) is 0 Å². The molecule has 1 aliphatic rings. The lowest BCUT2D eigenvalue weighted by Gasteiger charge is -2.23. The minimum absolute atomic E-state index is 0.428. The highest BCUT2D eigenvalue weighted by molar-refractivity contribution is 5.74. The molecule has 0 saturated carbocycles. The first-order valence-electron chi connectivity index (χ1n) is 6.79. The summed E-state index contributed by atoms with van der Waals surface area (Å²) in [5.74, 6) is 0.143. The molecule has 1 saturated heterocycles. The number of esters is 1. The molecular weight excluding hydrogens is 218 g/mol. The van der Waals surface area contributed by atoms with Crippen molar-refractivity contribution in [2.75, 3.05) is 19.7 Å². The number of nitrogens with one attached hydrogen (secondary N) is 1. The first-order valence-corrected chi connectivity index (χ1v) is 6.79. The highest BCUT2D eigenvalue weighted by atomic mass is 16.5. The molecule has 0 aromatic carbocycles. The average molecular weight is 243 g/mol. The summed E-state index contributed by atoms with van der Waals surface area (Å²) < 4.78 is 4.98. The lowest BCUT2D eigenvalue weighted by atomic mass is 9.93. The van der Waals surface area contributed by atoms with Gasteiger partial charge in [-0.15, -0.1) is 0 Å². The molecule has 0 aliphatic carbocycles. The molecule has 1 aliphatic heterocycles.